The van der Waals surface area contributed by atoms with Gasteiger partial charge in [0.2, 0.25) is 0 Å². The van der Waals surface area contributed by atoms with Gasteiger partial charge in [-0.25, -0.2) is 0 Å². The smallest absolute Gasteiger partial charge is 0.396 e. The first-order chi connectivity index (χ1) is 5.75. The van der Waals surface area contributed by atoms with Crippen LogP contribution in [0.5, 0.6) is 0 Å². The van der Waals surface area contributed by atoms with Crippen LogP contribution in [0.2, 0.25) is 0 Å². The molecule has 0 rings (SSSR count). The van der Waals surface area contributed by atoms with E-state index in [0.29, 0.717) is 0 Å². The zero-order chi connectivity index (χ0) is 10.6. The lowest BCUT2D eigenvalue weighted by molar-refractivity contribution is -0.326. The van der Waals surface area contributed by atoms with Gasteiger partial charge in [0.25, 0.3) is 0 Å². The van der Waals surface area contributed by atoms with Crippen LogP contribution >= 0.6 is 0 Å². The molecule has 0 radical (unpaired) electrons. The van der Waals surface area contributed by atoms with Crippen LogP contribution < -0.4 is 11.3 Å². The largest absolute Gasteiger partial charge is 0.550 e. The molecule has 0 heterocycles. The highest BCUT2D eigenvalue weighted by molar-refractivity contribution is 5.71. The molecule has 0 saturated heterocycles. The van der Waals surface area contributed by atoms with Gasteiger partial charge in [-0.15, -0.1) is 0 Å². The number of carboxylic acid groups (broad SMARTS) is 2. The molecule has 0 spiro atoms. The maximum atomic E-state index is 11.8. The number of carbonyl (C=O) groups excluding carboxylic acids is 1. The monoisotopic (exact) mass is 217 g/mol. The number of alkyl halides is 3. The molecule has 0 saturated carbocycles. The van der Waals surface area contributed by atoms with Crippen molar-refractivity contribution in [2.24, 2.45) is 5.92 Å². The highest BCUT2D eigenvalue weighted by Crippen LogP contribution is 2.29. The Morgan fingerprint density at radius 2 is 1.79 bits per heavy atom. The average Bonchev–Trinajstić information content (AvgIpc) is 1.81. The highest BCUT2D eigenvalue weighted by atomic mass is 19.4. The van der Waals surface area contributed by atoms with Gasteiger partial charge in [0.1, 0.15) is 0 Å². The third-order valence-electron chi connectivity index (χ3n) is 1.33. The summed E-state index contributed by atoms with van der Waals surface area (Å²) in [5.74, 6) is -6.48. The van der Waals surface area contributed by atoms with E-state index in [4.69, 9.17) is 5.11 Å². The topological polar surface area (TPSA) is 114 Å². The Hall–Kier alpha value is -1.31. The van der Waals surface area contributed by atoms with Crippen LogP contribution in [0.3, 0.4) is 0 Å². The van der Waals surface area contributed by atoms with Crippen molar-refractivity contribution in [3.05, 3.63) is 0 Å². The van der Waals surface area contributed by atoms with E-state index in [1.54, 1.807) is 0 Å². The van der Waals surface area contributed by atoms with Crippen LogP contribution in [0.4, 0.5) is 13.2 Å². The molecule has 0 aliphatic carbocycles. The van der Waals surface area contributed by atoms with Gasteiger partial charge in [-0.1, -0.05) is 0 Å². The van der Waals surface area contributed by atoms with E-state index in [9.17, 15) is 27.9 Å². The summed E-state index contributed by atoms with van der Waals surface area (Å²) < 4.78 is 35.4. The Morgan fingerprint density at radius 1 is 1.36 bits per heavy atom. The molecule has 0 unspecified atom stereocenters. The number of carbonyl (C=O) groups is 2. The van der Waals surface area contributed by atoms with Crippen molar-refractivity contribution in [1.29, 1.82) is 0 Å². The van der Waals surface area contributed by atoms with Crippen molar-refractivity contribution in [2.45, 2.75) is 19.0 Å². The van der Waals surface area contributed by atoms with Gasteiger partial charge in [-0.05, 0) is 6.42 Å². The van der Waals surface area contributed by atoms with Crippen molar-refractivity contribution in [1.82, 2.24) is 6.15 Å². The van der Waals surface area contributed by atoms with Gasteiger partial charge < -0.3 is 21.2 Å². The molecule has 0 fully saturated rings. The van der Waals surface area contributed by atoms with E-state index in [0.717, 1.165) is 0 Å². The summed E-state index contributed by atoms with van der Waals surface area (Å²) in [6.45, 7) is 0. The molecule has 8 heteroatoms. The number of halogens is 3. The molecular weight excluding hydrogens is 207 g/mol. The summed E-state index contributed by atoms with van der Waals surface area (Å²) in [4.78, 5) is 19.8. The predicted octanol–water partition coefficient (Wildman–Crippen LogP) is 0.156. The van der Waals surface area contributed by atoms with Crippen molar-refractivity contribution < 1.29 is 33.0 Å². The van der Waals surface area contributed by atoms with Crippen molar-refractivity contribution in [3.8, 4) is 0 Å². The molecule has 0 aliphatic heterocycles. The summed E-state index contributed by atoms with van der Waals surface area (Å²) in [6.07, 6.45) is -6.80. The summed E-state index contributed by atoms with van der Waals surface area (Å²) >= 11 is 0. The minimum atomic E-state index is -4.95. The minimum Gasteiger partial charge on any atom is -0.550 e. The van der Waals surface area contributed by atoms with Crippen molar-refractivity contribution >= 4 is 11.9 Å². The third kappa shape index (κ3) is 5.36. The molecule has 0 bridgehead atoms. The summed E-state index contributed by atoms with van der Waals surface area (Å²) in [5, 5.41) is 18.0. The first-order valence-corrected chi connectivity index (χ1v) is 3.24. The second-order valence-electron chi connectivity index (χ2n) is 2.35. The first-order valence-electron chi connectivity index (χ1n) is 3.24. The van der Waals surface area contributed by atoms with Crippen molar-refractivity contribution in [3.63, 3.8) is 0 Å². The van der Waals surface area contributed by atoms with Crippen LogP contribution in [0.25, 0.3) is 0 Å². The Morgan fingerprint density at radius 3 is 2.00 bits per heavy atom. The quantitative estimate of drug-likeness (QED) is 0.697. The predicted molar refractivity (Wildman–Crippen MR) is 37.4 cm³/mol. The molecule has 0 amide bonds. The molecule has 1 atom stereocenters. The molecule has 0 aromatic heterocycles. The highest BCUT2D eigenvalue weighted by Gasteiger charge is 2.40. The van der Waals surface area contributed by atoms with E-state index in [-0.39, 0.29) is 6.15 Å². The molecule has 5 nitrogen and oxygen atoms in total. The normalized spacial score (nSPS) is 12.8. The Balaban J connectivity index is 0. The minimum absolute atomic E-state index is 0. The lowest BCUT2D eigenvalue weighted by Crippen LogP contribution is -2.40. The van der Waals surface area contributed by atoms with Gasteiger partial charge in [0.15, 0.2) is 0 Å². The van der Waals surface area contributed by atoms with Crippen LogP contribution in [0, 0.1) is 5.92 Å². The summed E-state index contributed by atoms with van der Waals surface area (Å²) in [7, 11) is 0. The van der Waals surface area contributed by atoms with Crippen LogP contribution in [0.15, 0.2) is 0 Å². The summed E-state index contributed by atoms with van der Waals surface area (Å²) in [5.41, 5.74) is 0. The molecular formula is C6H10F3NO4. The second-order valence-corrected chi connectivity index (χ2v) is 2.35. The van der Waals surface area contributed by atoms with E-state index in [1.807, 2.05) is 0 Å². The Bertz CT molecular complexity index is 216. The number of rotatable bonds is 4. The summed E-state index contributed by atoms with van der Waals surface area (Å²) in [6, 6.07) is 0. The molecule has 84 valence electrons. The van der Waals surface area contributed by atoms with Gasteiger partial charge in [0.05, 0.1) is 11.9 Å². The fourth-order valence-electron chi connectivity index (χ4n) is 0.683. The lowest BCUT2D eigenvalue weighted by Gasteiger charge is -2.19. The fraction of sp³-hybridized carbons (Fsp3) is 0.667. The van der Waals surface area contributed by atoms with Crippen molar-refractivity contribution in [2.75, 3.05) is 0 Å². The van der Waals surface area contributed by atoms with Gasteiger partial charge in [0, 0.05) is 6.42 Å². The lowest BCUT2D eigenvalue weighted by atomic mass is 10.0. The Kier molecular flexibility index (Phi) is 5.88. The number of quaternary nitrogens is 1. The van der Waals surface area contributed by atoms with Crippen LogP contribution in [-0.2, 0) is 9.59 Å². The molecule has 5 N–H and O–H groups in total. The van der Waals surface area contributed by atoms with Crippen LogP contribution in [-0.4, -0.2) is 23.2 Å². The van der Waals surface area contributed by atoms with Crippen LogP contribution in [0.1, 0.15) is 12.8 Å². The number of carboxylic acids is 2. The van der Waals surface area contributed by atoms with Gasteiger partial charge in [-0.3, -0.25) is 4.79 Å². The van der Waals surface area contributed by atoms with E-state index in [1.165, 1.54) is 0 Å². The standard InChI is InChI=1S/C6H7F3O4.H3N/c7-6(8,9)3(5(12)13)1-2-4(10)11;/h3H,1-2H2,(H,10,11)(H,12,13);1H3/t3-;/m0./s1. The zero-order valence-corrected chi connectivity index (χ0v) is 7.30. The van der Waals surface area contributed by atoms with Gasteiger partial charge >= 0.3 is 12.1 Å². The molecule has 0 aromatic carbocycles. The number of aliphatic carboxylic acids is 2. The number of hydrogen-bond donors (Lipinski definition) is 2. The Labute approximate surface area is 77.1 Å². The molecule has 14 heavy (non-hydrogen) atoms. The van der Waals surface area contributed by atoms with E-state index >= 15 is 0 Å². The van der Waals surface area contributed by atoms with E-state index in [2.05, 4.69) is 0 Å². The second kappa shape index (κ2) is 5.43. The zero-order valence-electron chi connectivity index (χ0n) is 7.30. The number of hydrogen-bond acceptors (Lipinski definition) is 3. The molecule has 0 aromatic rings. The maximum absolute atomic E-state index is 11.8. The fourth-order valence-corrected chi connectivity index (χ4v) is 0.683. The SMILES string of the molecule is O=C(O)CC[C@@H](C(=O)[O-])C(F)(F)F.[NH4+]. The average molecular weight is 217 g/mol. The maximum Gasteiger partial charge on any atom is 0.396 e. The first kappa shape index (κ1) is 15.2. The third-order valence-corrected chi connectivity index (χ3v) is 1.33. The molecule has 0 aliphatic rings. The van der Waals surface area contributed by atoms with E-state index < -0.39 is 36.9 Å². The van der Waals surface area contributed by atoms with Gasteiger partial charge in [-0.2, -0.15) is 13.2 Å².